The summed E-state index contributed by atoms with van der Waals surface area (Å²) in [6.07, 6.45) is -0.384. The van der Waals surface area contributed by atoms with Crippen LogP contribution in [0.4, 0.5) is 5.69 Å². The highest BCUT2D eigenvalue weighted by Gasteiger charge is 2.18. The average Bonchev–Trinajstić information content (AvgIpc) is 2.55. The quantitative estimate of drug-likeness (QED) is 0.237. The number of aromatic carboxylic acids is 1. The maximum absolute atomic E-state index is 11.3. The van der Waals surface area contributed by atoms with E-state index < -0.39 is 36.5 Å². The summed E-state index contributed by atoms with van der Waals surface area (Å²) in [5.74, 6) is -4.92. The second-order valence-electron chi connectivity index (χ2n) is 5.39. The first-order chi connectivity index (χ1) is 12.2. The predicted octanol–water partition coefficient (Wildman–Crippen LogP) is -1.45. The van der Waals surface area contributed by atoms with Crippen molar-refractivity contribution in [1.82, 2.24) is 11.5 Å². The molecule has 0 saturated heterocycles. The average molecular weight is 403 g/mol. The van der Waals surface area contributed by atoms with Gasteiger partial charge in [0.25, 0.3) is 0 Å². The van der Waals surface area contributed by atoms with Crippen LogP contribution in [0.2, 0.25) is 0 Å². The van der Waals surface area contributed by atoms with Crippen LogP contribution in [0.1, 0.15) is 28.8 Å². The Morgan fingerprint density at radius 3 is 2.21 bits per heavy atom. The molecule has 28 heavy (non-hydrogen) atoms. The molecular formula is C16H25N3O9. The molecule has 0 aliphatic heterocycles. The smallest absolute Gasteiger partial charge is 0.322 e. The van der Waals surface area contributed by atoms with E-state index in [1.807, 2.05) is 0 Å². The van der Waals surface area contributed by atoms with Crippen molar-refractivity contribution in [2.75, 3.05) is 18.4 Å². The van der Waals surface area contributed by atoms with Crippen molar-refractivity contribution in [1.29, 1.82) is 0 Å². The molecule has 11 N–H and O–H groups in total. The summed E-state index contributed by atoms with van der Waals surface area (Å²) < 4.78 is 0. The largest absolute Gasteiger partial charge is 0.545 e. The molecule has 0 amide bonds. The second kappa shape index (κ2) is 13.0. The number of nitrogens with one attached hydrogen (secondary N) is 2. The lowest BCUT2D eigenvalue weighted by Crippen LogP contribution is -2.38. The molecule has 0 fully saturated rings. The van der Waals surface area contributed by atoms with Crippen LogP contribution < -0.4 is 21.9 Å². The van der Waals surface area contributed by atoms with Gasteiger partial charge in [-0.1, -0.05) is 12.1 Å². The zero-order valence-electron chi connectivity index (χ0n) is 15.2. The van der Waals surface area contributed by atoms with Crippen molar-refractivity contribution in [2.45, 2.75) is 25.3 Å². The first-order valence-electron chi connectivity index (χ1n) is 7.69. The molecule has 1 aromatic rings. The second-order valence-corrected chi connectivity index (χ2v) is 5.39. The Kier molecular flexibility index (Phi) is 12.6. The van der Waals surface area contributed by atoms with Crippen molar-refractivity contribution in [3.63, 3.8) is 0 Å². The molecule has 12 nitrogen and oxygen atoms in total. The van der Waals surface area contributed by atoms with Crippen LogP contribution in [0.3, 0.4) is 0 Å². The number of hydrogen-bond donors (Lipinski definition) is 6. The minimum absolute atomic E-state index is 0. The number of benzene rings is 1. The van der Waals surface area contributed by atoms with E-state index in [9.17, 15) is 24.3 Å². The Labute approximate surface area is 160 Å². The van der Waals surface area contributed by atoms with Crippen LogP contribution >= 0.6 is 0 Å². The summed E-state index contributed by atoms with van der Waals surface area (Å²) in [6.45, 7) is -0.379. The lowest BCUT2D eigenvalue weighted by molar-refractivity contribution is -0.255. The molecule has 0 bridgehead atoms. The fourth-order valence-electron chi connectivity index (χ4n) is 2.34. The summed E-state index contributed by atoms with van der Waals surface area (Å²) in [6, 6.07) is 3.13. The lowest BCUT2D eigenvalue weighted by Gasteiger charge is -2.18. The van der Waals surface area contributed by atoms with Crippen molar-refractivity contribution in [2.24, 2.45) is 0 Å². The molecule has 158 valence electrons. The Morgan fingerprint density at radius 2 is 1.71 bits per heavy atom. The number of carbonyl (C=O) groups excluding carboxylic acids is 1. The number of carbonyl (C=O) groups is 4. The van der Waals surface area contributed by atoms with Crippen LogP contribution in [0.5, 0.6) is 0 Å². The fraction of sp³-hybridized carbons (Fsp3) is 0.375. The van der Waals surface area contributed by atoms with Crippen molar-refractivity contribution < 1.29 is 45.1 Å². The maximum Gasteiger partial charge on any atom is 0.322 e. The summed E-state index contributed by atoms with van der Waals surface area (Å²) in [5, 5.41) is 43.0. The number of hydrogen-bond acceptors (Lipinski definition) is 7. The van der Waals surface area contributed by atoms with Crippen LogP contribution in [-0.4, -0.2) is 63.8 Å². The highest BCUT2D eigenvalue weighted by atomic mass is 16.4. The zero-order chi connectivity index (χ0) is 19.7. The van der Waals surface area contributed by atoms with Gasteiger partial charge in [-0.05, 0) is 24.5 Å². The van der Waals surface area contributed by atoms with Gasteiger partial charge in [0.05, 0.1) is 5.97 Å². The summed E-state index contributed by atoms with van der Waals surface area (Å²) in [5.41, 5.74) is 0.413. The van der Waals surface area contributed by atoms with Gasteiger partial charge in [0.1, 0.15) is 12.6 Å². The first-order valence-corrected chi connectivity index (χ1v) is 7.69. The van der Waals surface area contributed by atoms with Gasteiger partial charge in [-0.2, -0.15) is 0 Å². The van der Waals surface area contributed by atoms with Crippen LogP contribution in [0.15, 0.2) is 18.2 Å². The van der Waals surface area contributed by atoms with Crippen molar-refractivity contribution in [3.05, 3.63) is 29.3 Å². The number of quaternary nitrogens is 1. The monoisotopic (exact) mass is 403 g/mol. The molecule has 0 aliphatic carbocycles. The molecule has 1 unspecified atom stereocenters. The minimum Gasteiger partial charge on any atom is -0.545 e. The third kappa shape index (κ3) is 8.93. The lowest BCUT2D eigenvalue weighted by atomic mass is 10.0. The summed E-state index contributed by atoms with van der Waals surface area (Å²) in [7, 11) is 0. The van der Waals surface area contributed by atoms with Crippen LogP contribution in [-0.2, 0) is 20.8 Å². The van der Waals surface area contributed by atoms with Gasteiger partial charge < -0.3 is 47.5 Å². The third-order valence-corrected chi connectivity index (χ3v) is 3.54. The van der Waals surface area contributed by atoms with Crippen molar-refractivity contribution in [3.8, 4) is 0 Å². The molecule has 0 spiro atoms. The number of carboxylic acids is 4. The van der Waals surface area contributed by atoms with Gasteiger partial charge in [0.15, 0.2) is 0 Å². The highest BCUT2D eigenvalue weighted by Crippen LogP contribution is 2.20. The van der Waals surface area contributed by atoms with E-state index >= 15 is 0 Å². The topological polar surface area (TPSA) is 244 Å². The van der Waals surface area contributed by atoms with E-state index in [1.165, 1.54) is 18.2 Å². The molecule has 1 aromatic carbocycles. The molecule has 1 rings (SSSR count). The number of anilines is 1. The molecule has 0 aromatic heterocycles. The van der Waals surface area contributed by atoms with Gasteiger partial charge in [-0.3, -0.25) is 14.4 Å². The molecule has 0 aliphatic rings. The SMILES string of the molecule is O.O=C(O)CCC(NCCc1c(NCC(=O)O)cccc1C(=O)[O-])C(=O)O.[NH4+]. The number of rotatable bonds is 12. The Morgan fingerprint density at radius 1 is 1.07 bits per heavy atom. The van der Waals surface area contributed by atoms with Gasteiger partial charge >= 0.3 is 17.9 Å². The predicted molar refractivity (Wildman–Crippen MR) is 96.5 cm³/mol. The fourth-order valence-corrected chi connectivity index (χ4v) is 2.34. The summed E-state index contributed by atoms with van der Waals surface area (Å²) in [4.78, 5) is 43.7. The molecule has 0 heterocycles. The maximum atomic E-state index is 11.3. The van der Waals surface area contributed by atoms with Gasteiger partial charge in [-0.15, -0.1) is 0 Å². The van der Waals surface area contributed by atoms with Gasteiger partial charge in [0.2, 0.25) is 0 Å². The Balaban J connectivity index is 0. The van der Waals surface area contributed by atoms with E-state index in [0.717, 1.165) is 0 Å². The zero-order valence-corrected chi connectivity index (χ0v) is 15.2. The van der Waals surface area contributed by atoms with E-state index in [0.29, 0.717) is 0 Å². The standard InChI is InChI=1S/C16H20N2O8.H3N.H2O/c19-13(20)5-4-12(16(25)26)17-7-6-9-10(15(23)24)2-1-3-11(9)18-8-14(21)22;;/h1-3,12,17-18H,4-8H2,(H,19,20)(H,21,22)(H,23,24)(H,25,26);1H3;1H2. The number of carboxylic acid groups (broad SMARTS) is 4. The number of aliphatic carboxylic acids is 3. The van der Waals surface area contributed by atoms with Crippen LogP contribution in [0, 0.1) is 0 Å². The Hall–Kier alpha value is -3.22. The van der Waals surface area contributed by atoms with Gasteiger partial charge in [-0.25, -0.2) is 0 Å². The van der Waals surface area contributed by atoms with E-state index in [-0.39, 0.29) is 54.2 Å². The third-order valence-electron chi connectivity index (χ3n) is 3.54. The molecule has 0 saturated carbocycles. The van der Waals surface area contributed by atoms with E-state index in [4.69, 9.17) is 15.3 Å². The van der Waals surface area contributed by atoms with E-state index in [1.54, 1.807) is 0 Å². The minimum atomic E-state index is -1.44. The highest BCUT2D eigenvalue weighted by molar-refractivity contribution is 5.90. The summed E-state index contributed by atoms with van der Waals surface area (Å²) >= 11 is 0. The van der Waals surface area contributed by atoms with Gasteiger partial charge in [0, 0.05) is 24.2 Å². The van der Waals surface area contributed by atoms with E-state index in [2.05, 4.69) is 10.6 Å². The first kappa shape index (κ1) is 27.0. The normalized spacial score (nSPS) is 10.7. The molecular weight excluding hydrogens is 378 g/mol. The Bertz CT molecular complexity index is 694. The van der Waals surface area contributed by atoms with Crippen molar-refractivity contribution >= 4 is 29.6 Å². The molecule has 12 heteroatoms. The molecule has 1 atom stereocenters. The molecule has 0 radical (unpaired) electrons. The van der Waals surface area contributed by atoms with Crippen LogP contribution in [0.25, 0.3) is 0 Å².